The monoisotopic (exact) mass is 533 g/mol. The molecular weight excluding hydrogens is 494 g/mol. The van der Waals surface area contributed by atoms with Crippen molar-refractivity contribution < 1.29 is 23.7 Å². The molecule has 1 aromatic heterocycles. The molecule has 2 aromatic carbocycles. The highest BCUT2D eigenvalue weighted by Gasteiger charge is 2.30. The summed E-state index contributed by atoms with van der Waals surface area (Å²) in [7, 11) is 4.82. The molecule has 8 heteroatoms. The Hall–Kier alpha value is -3.94. The lowest BCUT2D eigenvalue weighted by Crippen LogP contribution is -2.48. The van der Waals surface area contributed by atoms with Gasteiger partial charge in [0.05, 0.1) is 21.3 Å². The summed E-state index contributed by atoms with van der Waals surface area (Å²) in [5.41, 5.74) is 3.61. The first-order chi connectivity index (χ1) is 18.7. The quantitative estimate of drug-likeness (QED) is 0.342. The Morgan fingerprint density at radius 1 is 0.923 bits per heavy atom. The summed E-state index contributed by atoms with van der Waals surface area (Å²) in [6, 6.07) is 16.7. The summed E-state index contributed by atoms with van der Waals surface area (Å²) in [6.45, 7) is 7.70. The van der Waals surface area contributed by atoms with Crippen LogP contribution < -0.4 is 19.1 Å². The molecule has 0 saturated carbocycles. The standard InChI is InChI=1S/C31H39N3O5/c1-31(2,3)39-30(35)33-14-12-26(13-15-33)34(25-10-8-7-9-11-25)21-22-16-24(20-32-19-22)23-17-27(36-4)29(38-6)28(18-23)37-5/h7-11,16-20,26H,12-15,21H2,1-6H3. The number of piperidine rings is 1. The maximum absolute atomic E-state index is 12.6. The van der Waals surface area contributed by atoms with Gasteiger partial charge in [0.15, 0.2) is 11.5 Å². The van der Waals surface area contributed by atoms with Crippen LogP contribution in [0.15, 0.2) is 60.9 Å². The van der Waals surface area contributed by atoms with Crippen molar-refractivity contribution in [1.82, 2.24) is 9.88 Å². The van der Waals surface area contributed by atoms with Crippen molar-refractivity contribution in [2.24, 2.45) is 0 Å². The van der Waals surface area contributed by atoms with E-state index in [9.17, 15) is 4.79 Å². The molecule has 1 aliphatic rings. The summed E-state index contributed by atoms with van der Waals surface area (Å²) >= 11 is 0. The third-order valence-electron chi connectivity index (χ3n) is 6.79. The highest BCUT2D eigenvalue weighted by Crippen LogP contribution is 2.41. The van der Waals surface area contributed by atoms with E-state index in [2.05, 4.69) is 40.2 Å². The number of amides is 1. The first-order valence-corrected chi connectivity index (χ1v) is 13.3. The van der Waals surface area contributed by atoms with Crippen LogP contribution in [0.25, 0.3) is 11.1 Å². The average Bonchev–Trinajstić information content (AvgIpc) is 2.95. The Morgan fingerprint density at radius 2 is 1.56 bits per heavy atom. The van der Waals surface area contributed by atoms with Gasteiger partial charge < -0.3 is 28.7 Å². The molecule has 208 valence electrons. The molecule has 8 nitrogen and oxygen atoms in total. The van der Waals surface area contributed by atoms with Crippen molar-refractivity contribution in [2.75, 3.05) is 39.3 Å². The number of aromatic nitrogens is 1. The van der Waals surface area contributed by atoms with Crippen LogP contribution in [0.4, 0.5) is 10.5 Å². The fraction of sp³-hybridized carbons (Fsp3) is 0.419. The Morgan fingerprint density at radius 3 is 2.13 bits per heavy atom. The number of nitrogens with zero attached hydrogens (tertiary/aromatic N) is 3. The van der Waals surface area contributed by atoms with Gasteiger partial charge in [0.1, 0.15) is 5.60 Å². The van der Waals surface area contributed by atoms with Crippen molar-refractivity contribution in [3.05, 3.63) is 66.5 Å². The predicted octanol–water partition coefficient (Wildman–Crippen LogP) is 6.18. The van der Waals surface area contributed by atoms with E-state index in [0.29, 0.717) is 36.9 Å². The van der Waals surface area contributed by atoms with Gasteiger partial charge in [-0.25, -0.2) is 4.79 Å². The van der Waals surface area contributed by atoms with E-state index < -0.39 is 5.60 Å². The van der Waals surface area contributed by atoms with Gasteiger partial charge in [-0.1, -0.05) is 18.2 Å². The normalized spacial score (nSPS) is 14.1. The molecular formula is C31H39N3O5. The number of benzene rings is 2. The van der Waals surface area contributed by atoms with E-state index in [1.54, 1.807) is 21.3 Å². The van der Waals surface area contributed by atoms with E-state index in [0.717, 1.165) is 35.2 Å². The molecule has 0 unspecified atom stereocenters. The number of para-hydroxylation sites is 1. The highest BCUT2D eigenvalue weighted by molar-refractivity contribution is 5.71. The van der Waals surface area contributed by atoms with E-state index in [4.69, 9.17) is 18.9 Å². The zero-order valence-electron chi connectivity index (χ0n) is 23.8. The molecule has 0 aliphatic carbocycles. The lowest BCUT2D eigenvalue weighted by Gasteiger charge is -2.40. The molecule has 1 aliphatic heterocycles. The van der Waals surface area contributed by atoms with Crippen LogP contribution in [-0.2, 0) is 11.3 Å². The smallest absolute Gasteiger partial charge is 0.410 e. The van der Waals surface area contributed by atoms with E-state index in [-0.39, 0.29) is 12.1 Å². The lowest BCUT2D eigenvalue weighted by molar-refractivity contribution is 0.0204. The molecule has 39 heavy (non-hydrogen) atoms. The van der Waals surface area contributed by atoms with Crippen molar-refractivity contribution in [2.45, 2.75) is 51.8 Å². The number of ether oxygens (including phenoxy) is 4. The summed E-state index contributed by atoms with van der Waals surface area (Å²) < 4.78 is 22.2. The van der Waals surface area contributed by atoms with Gasteiger partial charge in [0.2, 0.25) is 5.75 Å². The Bertz CT molecular complexity index is 1230. The number of hydrogen-bond acceptors (Lipinski definition) is 7. The zero-order chi connectivity index (χ0) is 28.0. The van der Waals surface area contributed by atoms with Crippen LogP contribution in [0.2, 0.25) is 0 Å². The van der Waals surface area contributed by atoms with Crippen molar-refractivity contribution in [3.8, 4) is 28.4 Å². The van der Waals surface area contributed by atoms with Gasteiger partial charge in [-0.2, -0.15) is 0 Å². The third-order valence-corrected chi connectivity index (χ3v) is 6.79. The van der Waals surface area contributed by atoms with Gasteiger partial charge >= 0.3 is 6.09 Å². The molecule has 0 radical (unpaired) electrons. The van der Waals surface area contributed by atoms with Gasteiger partial charge in [0, 0.05) is 49.3 Å². The van der Waals surface area contributed by atoms with Crippen molar-refractivity contribution in [1.29, 1.82) is 0 Å². The second kappa shape index (κ2) is 12.3. The van der Waals surface area contributed by atoms with Gasteiger partial charge in [0.25, 0.3) is 0 Å². The number of anilines is 1. The van der Waals surface area contributed by atoms with Crippen molar-refractivity contribution in [3.63, 3.8) is 0 Å². The van der Waals surface area contributed by atoms with Crippen LogP contribution in [0.5, 0.6) is 17.2 Å². The summed E-state index contributed by atoms with van der Waals surface area (Å²) in [5, 5.41) is 0. The Labute approximate surface area is 231 Å². The van der Waals surface area contributed by atoms with E-state index in [1.807, 2.05) is 56.3 Å². The predicted molar refractivity (Wildman–Crippen MR) is 153 cm³/mol. The lowest BCUT2D eigenvalue weighted by atomic mass is 10.0. The topological polar surface area (TPSA) is 73.4 Å². The van der Waals surface area contributed by atoms with Gasteiger partial charge in [-0.3, -0.25) is 4.98 Å². The van der Waals surface area contributed by atoms with Gasteiger partial charge in [-0.15, -0.1) is 0 Å². The number of methoxy groups -OCH3 is 3. The number of carbonyl (C=O) groups is 1. The zero-order valence-corrected chi connectivity index (χ0v) is 23.8. The molecule has 1 amide bonds. The summed E-state index contributed by atoms with van der Waals surface area (Å²) in [5.74, 6) is 1.75. The molecule has 0 atom stereocenters. The second-order valence-corrected chi connectivity index (χ2v) is 10.7. The average molecular weight is 534 g/mol. The first-order valence-electron chi connectivity index (χ1n) is 13.3. The van der Waals surface area contributed by atoms with Crippen LogP contribution in [0, 0.1) is 0 Å². The SMILES string of the molecule is COc1cc(-c2cncc(CN(c3ccccc3)C3CCN(C(=O)OC(C)(C)C)CC3)c2)cc(OC)c1OC. The molecule has 1 saturated heterocycles. The fourth-order valence-electron chi connectivity index (χ4n) is 4.91. The minimum atomic E-state index is -0.500. The molecule has 4 rings (SSSR count). The molecule has 0 N–H and O–H groups in total. The van der Waals surface area contributed by atoms with Crippen LogP contribution in [-0.4, -0.2) is 62.0 Å². The molecule has 2 heterocycles. The minimum Gasteiger partial charge on any atom is -0.493 e. The Balaban J connectivity index is 1.57. The number of hydrogen-bond donors (Lipinski definition) is 0. The first kappa shape index (κ1) is 28.1. The summed E-state index contributed by atoms with van der Waals surface area (Å²) in [4.78, 5) is 21.4. The Kier molecular flexibility index (Phi) is 8.84. The fourth-order valence-corrected chi connectivity index (χ4v) is 4.91. The number of rotatable bonds is 8. The highest BCUT2D eigenvalue weighted by atomic mass is 16.6. The van der Waals surface area contributed by atoms with Crippen LogP contribution in [0.1, 0.15) is 39.2 Å². The minimum absolute atomic E-state index is 0.241. The maximum Gasteiger partial charge on any atom is 0.410 e. The van der Waals surface area contributed by atoms with E-state index in [1.165, 1.54) is 0 Å². The number of pyridine rings is 1. The third kappa shape index (κ3) is 6.93. The summed E-state index contributed by atoms with van der Waals surface area (Å²) in [6.07, 6.45) is 5.22. The number of carbonyl (C=O) groups excluding carboxylic acids is 1. The largest absolute Gasteiger partial charge is 0.493 e. The van der Waals surface area contributed by atoms with Crippen LogP contribution >= 0.6 is 0 Å². The number of likely N-dealkylation sites (tertiary alicyclic amines) is 1. The molecule has 0 spiro atoms. The molecule has 0 bridgehead atoms. The maximum atomic E-state index is 12.6. The van der Waals surface area contributed by atoms with E-state index >= 15 is 0 Å². The van der Waals surface area contributed by atoms with Crippen molar-refractivity contribution >= 4 is 11.8 Å². The van der Waals surface area contributed by atoms with Gasteiger partial charge in [-0.05, 0) is 75.1 Å². The molecule has 1 fully saturated rings. The molecule has 3 aromatic rings. The second-order valence-electron chi connectivity index (χ2n) is 10.7. The van der Waals surface area contributed by atoms with Crippen LogP contribution in [0.3, 0.4) is 0 Å².